The number of hydrogen-bond acceptors (Lipinski definition) is 8. The van der Waals surface area contributed by atoms with Crippen molar-refractivity contribution in [2.45, 2.75) is 131 Å². The molecule has 0 aliphatic carbocycles. The maximum Gasteiger partial charge on any atom is 0.408 e. The Kier molecular flexibility index (Phi) is 15.7. The monoisotopic (exact) mass is 862 g/mol. The largest absolute Gasteiger partial charge is 0.444 e. The van der Waals surface area contributed by atoms with Gasteiger partial charge >= 0.3 is 12.1 Å². The molecule has 0 unspecified atom stereocenters. The highest BCUT2D eigenvalue weighted by Crippen LogP contribution is 2.30. The molecular formula is C50H67N7O6. The molecule has 5 atom stereocenters. The van der Waals surface area contributed by atoms with Crippen LogP contribution in [0.1, 0.15) is 91.2 Å². The molecule has 0 saturated carbocycles. The lowest BCUT2D eigenvalue weighted by Crippen LogP contribution is -2.59. The van der Waals surface area contributed by atoms with Gasteiger partial charge in [0.1, 0.15) is 17.7 Å². The van der Waals surface area contributed by atoms with E-state index in [4.69, 9.17) is 4.74 Å². The van der Waals surface area contributed by atoms with Gasteiger partial charge in [-0.25, -0.2) is 9.59 Å². The molecule has 1 fully saturated rings. The summed E-state index contributed by atoms with van der Waals surface area (Å²) in [5.74, 6) is -0.823. The number of alkyl carbamates (subject to hydrolysis) is 1. The van der Waals surface area contributed by atoms with E-state index in [0.717, 1.165) is 33.8 Å². The summed E-state index contributed by atoms with van der Waals surface area (Å²) in [6.07, 6.45) is 0.536. The van der Waals surface area contributed by atoms with Crippen molar-refractivity contribution in [1.29, 1.82) is 0 Å². The predicted octanol–water partition coefficient (Wildman–Crippen LogP) is 7.25. The van der Waals surface area contributed by atoms with Gasteiger partial charge in [0.15, 0.2) is 0 Å². The highest BCUT2D eigenvalue weighted by molar-refractivity contribution is 5.89. The SMILES string of the molecule is Cc1cccc(CN2CCN([C@H](C(=O)N[C@@H](Cc3ccccc3)[C@@H](O)C[C@H](Cc3ccc(-c4ccccn4)cc3)NC(=O)[C@@H](NC(=O)OC(C)(C)C)C(C)(C)C)C(C)(C)C)C2=O)n1. The Morgan fingerprint density at radius 2 is 1.41 bits per heavy atom. The number of urea groups is 1. The van der Waals surface area contributed by atoms with Crippen LogP contribution in [0.3, 0.4) is 0 Å². The summed E-state index contributed by atoms with van der Waals surface area (Å²) in [5, 5.41) is 21.4. The van der Waals surface area contributed by atoms with Crippen molar-refractivity contribution in [3.05, 3.63) is 120 Å². The Bertz CT molecular complexity index is 2150. The van der Waals surface area contributed by atoms with Crippen molar-refractivity contribution in [2.24, 2.45) is 10.8 Å². The Hall–Kier alpha value is -5.82. The summed E-state index contributed by atoms with van der Waals surface area (Å²) in [4.78, 5) is 68.4. The Labute approximate surface area is 373 Å². The first-order valence-electron chi connectivity index (χ1n) is 21.9. The Morgan fingerprint density at radius 1 is 0.746 bits per heavy atom. The molecule has 4 N–H and O–H groups in total. The molecule has 1 aliphatic rings. The van der Waals surface area contributed by atoms with Gasteiger partial charge in [-0.05, 0) is 93.2 Å². The Balaban J connectivity index is 1.42. The molecule has 0 bridgehead atoms. The first kappa shape index (κ1) is 48.2. The van der Waals surface area contributed by atoms with Gasteiger partial charge in [0.25, 0.3) is 0 Å². The van der Waals surface area contributed by atoms with Gasteiger partial charge < -0.3 is 35.6 Å². The van der Waals surface area contributed by atoms with Crippen molar-refractivity contribution in [2.75, 3.05) is 13.1 Å². The number of pyridine rings is 2. The number of benzene rings is 2. The molecular weight excluding hydrogens is 795 g/mol. The van der Waals surface area contributed by atoms with Crippen molar-refractivity contribution in [1.82, 2.24) is 35.7 Å². The molecule has 0 spiro atoms. The number of nitrogens with one attached hydrogen (secondary N) is 3. The molecule has 5 amide bonds. The number of amides is 5. The fourth-order valence-electron chi connectivity index (χ4n) is 7.95. The zero-order chi connectivity index (χ0) is 46.1. The third kappa shape index (κ3) is 14.1. The molecule has 0 radical (unpaired) electrons. The predicted molar refractivity (Wildman–Crippen MR) is 245 cm³/mol. The van der Waals surface area contributed by atoms with E-state index in [0.29, 0.717) is 26.1 Å². The average Bonchev–Trinajstić information content (AvgIpc) is 3.53. The second-order valence-electron chi connectivity index (χ2n) is 19.8. The number of hydrogen-bond donors (Lipinski definition) is 4. The van der Waals surface area contributed by atoms with Crippen LogP contribution in [0.15, 0.2) is 97.2 Å². The van der Waals surface area contributed by atoms with Crippen LogP contribution < -0.4 is 16.0 Å². The number of rotatable bonds is 16. The Morgan fingerprint density at radius 3 is 2.02 bits per heavy atom. The van der Waals surface area contributed by atoms with E-state index in [9.17, 15) is 24.3 Å². The van der Waals surface area contributed by atoms with Crippen molar-refractivity contribution in [3.63, 3.8) is 0 Å². The maximum atomic E-state index is 14.7. The first-order valence-corrected chi connectivity index (χ1v) is 21.9. The summed E-state index contributed by atoms with van der Waals surface area (Å²) < 4.78 is 5.53. The molecule has 3 heterocycles. The summed E-state index contributed by atoms with van der Waals surface area (Å²) in [6, 6.07) is 25.4. The molecule has 1 saturated heterocycles. The second kappa shape index (κ2) is 20.6. The number of aryl methyl sites for hydroxylation is 1. The van der Waals surface area contributed by atoms with E-state index in [2.05, 4.69) is 25.9 Å². The fourth-order valence-corrected chi connectivity index (χ4v) is 7.95. The zero-order valence-corrected chi connectivity index (χ0v) is 38.6. The van der Waals surface area contributed by atoms with E-state index < -0.39 is 58.7 Å². The van der Waals surface area contributed by atoms with Crippen LogP contribution >= 0.6 is 0 Å². The normalized spacial score (nSPS) is 15.8. The number of aromatic nitrogens is 2. The number of nitrogens with zero attached hydrogens (tertiary/aromatic N) is 4. The average molecular weight is 862 g/mol. The molecule has 1 aliphatic heterocycles. The third-order valence-electron chi connectivity index (χ3n) is 11.0. The summed E-state index contributed by atoms with van der Waals surface area (Å²) in [6.45, 7) is 19.7. The third-order valence-corrected chi connectivity index (χ3v) is 11.0. The van der Waals surface area contributed by atoms with Crippen LogP contribution in [0.25, 0.3) is 11.3 Å². The second-order valence-corrected chi connectivity index (χ2v) is 19.8. The number of carbonyl (C=O) groups is 4. The van der Waals surface area contributed by atoms with Crippen molar-refractivity contribution >= 4 is 23.9 Å². The minimum absolute atomic E-state index is 0.0505. The van der Waals surface area contributed by atoms with Gasteiger partial charge in [-0.3, -0.25) is 19.6 Å². The standard InChI is InChI=1S/C50H67N7O6/c1-33-17-16-20-37(52-33)32-56-27-28-57(47(56)62)43(49(5,6)7)45(60)54-40(30-34-18-12-11-13-19-34)41(58)31-38(29-35-22-24-36(25-23-35)39-21-14-15-26-51-39)53-44(59)42(48(2,3)4)55-46(61)63-50(8,9)10/h11-26,38,40-43,58H,27-32H2,1-10H3,(H,53,59)(H,54,60)(H,55,61)/t38-,40-,41-,42+,43+/m0/s1. The molecule has 13 nitrogen and oxygen atoms in total. The highest BCUT2D eigenvalue weighted by atomic mass is 16.6. The molecule has 4 aromatic rings. The van der Waals surface area contributed by atoms with Gasteiger partial charge in [0.2, 0.25) is 11.8 Å². The van der Waals surface area contributed by atoms with E-state index >= 15 is 0 Å². The minimum Gasteiger partial charge on any atom is -0.444 e. The molecule has 63 heavy (non-hydrogen) atoms. The van der Waals surface area contributed by atoms with E-state index in [-0.39, 0.29) is 24.8 Å². The van der Waals surface area contributed by atoms with E-state index in [1.807, 2.05) is 139 Å². The number of carbonyl (C=O) groups excluding carboxylic acids is 4. The first-order chi connectivity index (χ1) is 29.6. The number of ether oxygens (including phenoxy) is 1. The molecule has 2 aromatic heterocycles. The lowest BCUT2D eigenvalue weighted by molar-refractivity contribution is -0.131. The highest BCUT2D eigenvalue weighted by Gasteiger charge is 2.44. The van der Waals surface area contributed by atoms with Crippen LogP contribution in [0.4, 0.5) is 9.59 Å². The number of aliphatic hydroxyl groups is 1. The summed E-state index contributed by atoms with van der Waals surface area (Å²) in [7, 11) is 0. The quantitative estimate of drug-likeness (QED) is 0.0915. The molecule has 2 aromatic carbocycles. The summed E-state index contributed by atoms with van der Waals surface area (Å²) >= 11 is 0. The maximum absolute atomic E-state index is 14.7. The topological polar surface area (TPSA) is 166 Å². The van der Waals surface area contributed by atoms with Gasteiger partial charge in [-0.1, -0.05) is 108 Å². The van der Waals surface area contributed by atoms with Crippen LogP contribution in [-0.2, 0) is 33.7 Å². The number of aliphatic hydroxyl groups excluding tert-OH is 1. The van der Waals surface area contributed by atoms with Crippen LogP contribution in [-0.4, -0.2) is 97.8 Å². The van der Waals surface area contributed by atoms with Crippen LogP contribution in [0.5, 0.6) is 0 Å². The molecule has 5 rings (SSSR count). The lowest BCUT2D eigenvalue weighted by Gasteiger charge is -2.38. The minimum atomic E-state index is -1.15. The van der Waals surface area contributed by atoms with Gasteiger partial charge in [-0.15, -0.1) is 0 Å². The lowest BCUT2D eigenvalue weighted by atomic mass is 9.84. The summed E-state index contributed by atoms with van der Waals surface area (Å²) in [5.41, 5.74) is 3.02. The van der Waals surface area contributed by atoms with Crippen molar-refractivity contribution in [3.8, 4) is 11.3 Å². The van der Waals surface area contributed by atoms with Crippen molar-refractivity contribution < 1.29 is 29.0 Å². The zero-order valence-electron chi connectivity index (χ0n) is 38.6. The molecule has 13 heteroatoms. The van der Waals surface area contributed by atoms with Crippen LogP contribution in [0, 0.1) is 17.8 Å². The fraction of sp³-hybridized carbons (Fsp3) is 0.480. The van der Waals surface area contributed by atoms with Gasteiger partial charge in [0, 0.05) is 36.6 Å². The van der Waals surface area contributed by atoms with E-state index in [1.165, 1.54) is 0 Å². The van der Waals surface area contributed by atoms with Gasteiger partial charge in [-0.2, -0.15) is 0 Å². The van der Waals surface area contributed by atoms with E-state index in [1.54, 1.807) is 36.8 Å². The molecule has 338 valence electrons. The smallest absolute Gasteiger partial charge is 0.408 e. The van der Waals surface area contributed by atoms with Gasteiger partial charge in [0.05, 0.1) is 30.1 Å². The van der Waals surface area contributed by atoms with Crippen LogP contribution in [0.2, 0.25) is 0 Å².